The number of nitrogens with zero attached hydrogens (tertiary/aromatic N) is 3. The number of hydrogen-bond acceptors (Lipinski definition) is 3. The highest BCUT2D eigenvalue weighted by Crippen LogP contribution is 2.40. The van der Waals surface area contributed by atoms with E-state index in [0.29, 0.717) is 6.04 Å². The van der Waals surface area contributed by atoms with Crippen LogP contribution in [0.3, 0.4) is 0 Å². The Morgan fingerprint density at radius 2 is 2.14 bits per heavy atom. The Balaban J connectivity index is 1.70. The molecular weight excluding hydrogens is 284 g/mol. The number of aromatic nitrogens is 2. The zero-order valence-corrected chi connectivity index (χ0v) is 12.9. The molecule has 1 aromatic carbocycles. The quantitative estimate of drug-likeness (QED) is 0.946. The Labute approximate surface area is 130 Å². The summed E-state index contributed by atoms with van der Waals surface area (Å²) in [4.78, 5) is 7.38. The smallest absolute Gasteiger partial charge is 0.124 e. The van der Waals surface area contributed by atoms with E-state index in [9.17, 15) is 0 Å². The molecule has 21 heavy (non-hydrogen) atoms. The van der Waals surface area contributed by atoms with Gasteiger partial charge in [0.25, 0.3) is 0 Å². The van der Waals surface area contributed by atoms with Gasteiger partial charge in [0.2, 0.25) is 0 Å². The fraction of sp³-hybridized carbons (Fsp3) is 0.562. The first-order chi connectivity index (χ1) is 10.3. The number of benzene rings is 1. The molecule has 2 fully saturated rings. The van der Waals surface area contributed by atoms with Gasteiger partial charge >= 0.3 is 0 Å². The van der Waals surface area contributed by atoms with Crippen molar-refractivity contribution in [3.8, 4) is 0 Å². The highest BCUT2D eigenvalue weighted by Gasteiger charge is 2.29. The molecule has 1 aliphatic carbocycles. The van der Waals surface area contributed by atoms with Crippen molar-refractivity contribution in [1.82, 2.24) is 19.8 Å². The predicted molar refractivity (Wildman–Crippen MR) is 85.8 cm³/mol. The third-order valence-corrected chi connectivity index (χ3v) is 4.75. The van der Waals surface area contributed by atoms with E-state index in [2.05, 4.69) is 20.9 Å². The normalized spacial score (nSPS) is 20.8. The first kappa shape index (κ1) is 13.6. The van der Waals surface area contributed by atoms with E-state index < -0.39 is 0 Å². The average molecular weight is 305 g/mol. The minimum Gasteiger partial charge on any atom is -0.323 e. The van der Waals surface area contributed by atoms with Crippen molar-refractivity contribution in [2.45, 2.75) is 31.8 Å². The van der Waals surface area contributed by atoms with Gasteiger partial charge in [0.15, 0.2) is 0 Å². The Kier molecular flexibility index (Phi) is 3.61. The van der Waals surface area contributed by atoms with E-state index in [1.807, 2.05) is 12.1 Å². The lowest BCUT2D eigenvalue weighted by Gasteiger charge is -2.19. The lowest BCUT2D eigenvalue weighted by atomic mass is 10.3. The lowest BCUT2D eigenvalue weighted by Crippen LogP contribution is -2.29. The third-order valence-electron chi connectivity index (χ3n) is 4.44. The Bertz CT molecular complexity index is 639. The maximum Gasteiger partial charge on any atom is 0.124 e. The van der Waals surface area contributed by atoms with Gasteiger partial charge in [-0.2, -0.15) is 0 Å². The van der Waals surface area contributed by atoms with Crippen LogP contribution >= 0.6 is 11.6 Å². The van der Waals surface area contributed by atoms with Gasteiger partial charge in [0.05, 0.1) is 22.6 Å². The Morgan fingerprint density at radius 3 is 3.00 bits per heavy atom. The van der Waals surface area contributed by atoms with Gasteiger partial charge in [0, 0.05) is 19.1 Å². The minimum absolute atomic E-state index is 0.606. The second-order valence-corrected chi connectivity index (χ2v) is 6.52. The van der Waals surface area contributed by atoms with Crippen LogP contribution in [0.25, 0.3) is 11.0 Å². The summed E-state index contributed by atoms with van der Waals surface area (Å²) in [6.07, 6.45) is 3.72. The minimum atomic E-state index is 0.606. The zero-order valence-electron chi connectivity index (χ0n) is 12.2. The van der Waals surface area contributed by atoms with E-state index in [1.54, 1.807) is 0 Å². The second-order valence-electron chi connectivity index (χ2n) is 6.12. The number of rotatable bonds is 3. The molecule has 2 aliphatic rings. The molecule has 1 aromatic heterocycles. The van der Waals surface area contributed by atoms with Gasteiger partial charge in [-0.15, -0.1) is 0 Å². The molecule has 0 radical (unpaired) electrons. The molecule has 4 nitrogen and oxygen atoms in total. The van der Waals surface area contributed by atoms with E-state index >= 15 is 0 Å². The molecule has 0 spiro atoms. The van der Waals surface area contributed by atoms with Crippen molar-refractivity contribution in [3.63, 3.8) is 0 Å². The highest BCUT2D eigenvalue weighted by molar-refractivity contribution is 6.35. The summed E-state index contributed by atoms with van der Waals surface area (Å²) in [5, 5.41) is 4.29. The molecule has 1 aliphatic heterocycles. The SMILES string of the molecule is Clc1cccc2nc(CN3CCCNCC3)n(C3CC3)c12. The van der Waals surface area contributed by atoms with Gasteiger partial charge in [0.1, 0.15) is 5.82 Å². The van der Waals surface area contributed by atoms with Gasteiger partial charge in [-0.3, -0.25) is 4.90 Å². The third kappa shape index (κ3) is 2.68. The molecule has 0 atom stereocenters. The first-order valence-electron chi connectivity index (χ1n) is 7.91. The van der Waals surface area contributed by atoms with E-state index in [4.69, 9.17) is 16.6 Å². The van der Waals surface area contributed by atoms with Crippen LogP contribution in [0.2, 0.25) is 5.02 Å². The number of imidazole rings is 1. The van der Waals surface area contributed by atoms with Crippen molar-refractivity contribution in [2.75, 3.05) is 26.2 Å². The molecule has 5 heteroatoms. The van der Waals surface area contributed by atoms with Gasteiger partial charge in [-0.05, 0) is 44.5 Å². The summed E-state index contributed by atoms with van der Waals surface area (Å²) in [5.74, 6) is 1.18. The predicted octanol–water partition coefficient (Wildman–Crippen LogP) is 2.82. The van der Waals surface area contributed by atoms with Crippen LogP contribution in [0.5, 0.6) is 0 Å². The molecule has 0 unspecified atom stereocenters. The number of fused-ring (bicyclic) bond motifs is 1. The molecular formula is C16H21ClN4. The van der Waals surface area contributed by atoms with Crippen molar-refractivity contribution in [2.24, 2.45) is 0 Å². The molecule has 1 saturated carbocycles. The average Bonchev–Trinajstić information content (AvgIpc) is 3.26. The molecule has 2 aromatic rings. The molecule has 0 amide bonds. The standard InChI is InChI=1S/C16H21ClN4/c17-13-3-1-4-14-16(13)21(12-5-6-12)15(19-14)11-20-9-2-7-18-8-10-20/h1,3-4,12,18H,2,5-11H2. The molecule has 2 heterocycles. The lowest BCUT2D eigenvalue weighted by molar-refractivity contribution is 0.273. The van der Waals surface area contributed by atoms with E-state index in [1.165, 1.54) is 25.1 Å². The summed E-state index contributed by atoms with van der Waals surface area (Å²) >= 11 is 6.43. The van der Waals surface area contributed by atoms with Crippen LogP contribution < -0.4 is 5.32 Å². The second kappa shape index (κ2) is 5.59. The van der Waals surface area contributed by atoms with Crippen molar-refractivity contribution < 1.29 is 0 Å². The molecule has 1 saturated heterocycles. The highest BCUT2D eigenvalue weighted by atomic mass is 35.5. The number of hydrogen-bond donors (Lipinski definition) is 1. The largest absolute Gasteiger partial charge is 0.323 e. The summed E-state index contributed by atoms with van der Waals surface area (Å²) in [5.41, 5.74) is 2.17. The fourth-order valence-corrected chi connectivity index (χ4v) is 3.51. The number of para-hydroxylation sites is 1. The van der Waals surface area contributed by atoms with Crippen LogP contribution in [-0.2, 0) is 6.54 Å². The Hall–Kier alpha value is -1.10. The monoisotopic (exact) mass is 304 g/mol. The molecule has 4 rings (SSSR count). The van der Waals surface area contributed by atoms with E-state index in [0.717, 1.165) is 48.8 Å². The summed E-state index contributed by atoms with van der Waals surface area (Å²) in [6.45, 7) is 5.38. The number of nitrogens with one attached hydrogen (secondary N) is 1. The maximum absolute atomic E-state index is 6.43. The first-order valence-corrected chi connectivity index (χ1v) is 8.29. The summed E-state index contributed by atoms with van der Waals surface area (Å²) < 4.78 is 2.40. The van der Waals surface area contributed by atoms with Crippen molar-refractivity contribution in [1.29, 1.82) is 0 Å². The van der Waals surface area contributed by atoms with Crippen LogP contribution in [0, 0.1) is 0 Å². The van der Waals surface area contributed by atoms with Gasteiger partial charge in [-0.1, -0.05) is 17.7 Å². The number of halogens is 1. The van der Waals surface area contributed by atoms with Crippen molar-refractivity contribution in [3.05, 3.63) is 29.0 Å². The maximum atomic E-state index is 6.43. The summed E-state index contributed by atoms with van der Waals surface area (Å²) in [6, 6.07) is 6.65. The molecule has 0 bridgehead atoms. The molecule has 112 valence electrons. The van der Waals surface area contributed by atoms with Crippen molar-refractivity contribution >= 4 is 22.6 Å². The molecule has 1 N–H and O–H groups in total. The van der Waals surface area contributed by atoms with Crippen LogP contribution in [0.15, 0.2) is 18.2 Å². The zero-order chi connectivity index (χ0) is 14.2. The van der Waals surface area contributed by atoms with E-state index in [-0.39, 0.29) is 0 Å². The van der Waals surface area contributed by atoms with Crippen LogP contribution in [-0.4, -0.2) is 40.6 Å². The Morgan fingerprint density at radius 1 is 1.24 bits per heavy atom. The summed E-state index contributed by atoms with van der Waals surface area (Å²) in [7, 11) is 0. The fourth-order valence-electron chi connectivity index (χ4n) is 3.25. The van der Waals surface area contributed by atoms with Gasteiger partial charge < -0.3 is 9.88 Å². The van der Waals surface area contributed by atoms with Crippen LogP contribution in [0.4, 0.5) is 0 Å². The van der Waals surface area contributed by atoms with Crippen LogP contribution in [0.1, 0.15) is 31.1 Å². The van der Waals surface area contributed by atoms with Gasteiger partial charge in [-0.25, -0.2) is 4.98 Å². The topological polar surface area (TPSA) is 33.1 Å².